The molecule has 0 saturated heterocycles. The normalized spacial score (nSPS) is 11.6. The molecule has 0 spiro atoms. The van der Waals surface area contributed by atoms with Crippen LogP contribution in [0.2, 0.25) is 0 Å². The molecular weight excluding hydrogens is 188 g/mol. The summed E-state index contributed by atoms with van der Waals surface area (Å²) in [5, 5.41) is 10.9. The predicted octanol–water partition coefficient (Wildman–Crippen LogP) is 1.40. The number of hydrogen-bond acceptors (Lipinski definition) is 2. The average molecular weight is 201 g/mol. The van der Waals surface area contributed by atoms with Crippen LogP contribution < -0.4 is 5.32 Å². The van der Waals surface area contributed by atoms with Crippen LogP contribution in [-0.2, 0) is 6.54 Å². The van der Waals surface area contributed by atoms with Crippen molar-refractivity contribution in [3.63, 3.8) is 0 Å². The summed E-state index contributed by atoms with van der Waals surface area (Å²) < 4.78 is 25.1. The highest BCUT2D eigenvalue weighted by molar-refractivity contribution is 5.14. The number of benzene rings is 1. The van der Waals surface area contributed by atoms with Crippen molar-refractivity contribution in [3.8, 4) is 0 Å². The molecule has 1 aromatic rings. The molecule has 0 radical (unpaired) electrons. The van der Waals surface area contributed by atoms with Crippen LogP contribution in [0.5, 0.6) is 0 Å². The lowest BCUT2D eigenvalue weighted by molar-refractivity contribution is -0.0477. The van der Waals surface area contributed by atoms with Gasteiger partial charge in [-0.05, 0) is 5.56 Å². The monoisotopic (exact) mass is 201 g/mol. The van der Waals surface area contributed by atoms with Gasteiger partial charge in [0, 0.05) is 6.54 Å². The summed E-state index contributed by atoms with van der Waals surface area (Å²) in [6, 6.07) is 9.27. The standard InChI is InChI=1S/C10H13F2NO/c11-10(12,8-14)7-13-6-9-4-2-1-3-5-9/h1-5,13-14H,6-8H2. The Kier molecular flexibility index (Phi) is 3.98. The Balaban J connectivity index is 2.29. The van der Waals surface area contributed by atoms with Crippen LogP contribution in [0.25, 0.3) is 0 Å². The van der Waals surface area contributed by atoms with E-state index in [0.717, 1.165) is 5.56 Å². The van der Waals surface area contributed by atoms with E-state index in [-0.39, 0.29) is 0 Å². The molecule has 0 aliphatic carbocycles. The van der Waals surface area contributed by atoms with Gasteiger partial charge in [-0.25, -0.2) is 8.78 Å². The van der Waals surface area contributed by atoms with Gasteiger partial charge in [-0.1, -0.05) is 30.3 Å². The Hall–Kier alpha value is -1.00. The molecule has 1 aromatic carbocycles. The molecule has 1 rings (SSSR count). The molecule has 2 nitrogen and oxygen atoms in total. The number of hydrogen-bond donors (Lipinski definition) is 2. The third kappa shape index (κ3) is 3.81. The van der Waals surface area contributed by atoms with Crippen molar-refractivity contribution in [2.24, 2.45) is 0 Å². The smallest absolute Gasteiger partial charge is 0.282 e. The summed E-state index contributed by atoms with van der Waals surface area (Å²) >= 11 is 0. The highest BCUT2D eigenvalue weighted by Gasteiger charge is 2.26. The van der Waals surface area contributed by atoms with Crippen molar-refractivity contribution < 1.29 is 13.9 Å². The van der Waals surface area contributed by atoms with Gasteiger partial charge < -0.3 is 10.4 Å². The molecule has 78 valence electrons. The summed E-state index contributed by atoms with van der Waals surface area (Å²) in [6.07, 6.45) is 0. The number of nitrogens with one attached hydrogen (secondary N) is 1. The molecule has 0 amide bonds. The van der Waals surface area contributed by atoms with Crippen LogP contribution in [0.4, 0.5) is 8.78 Å². The Morgan fingerprint density at radius 1 is 1.21 bits per heavy atom. The summed E-state index contributed by atoms with van der Waals surface area (Å²) in [6.45, 7) is -1.23. The molecule has 0 bridgehead atoms. The molecule has 0 aromatic heterocycles. The van der Waals surface area contributed by atoms with Crippen LogP contribution in [-0.4, -0.2) is 24.2 Å². The van der Waals surface area contributed by atoms with Crippen molar-refractivity contribution in [2.45, 2.75) is 12.5 Å². The topological polar surface area (TPSA) is 32.3 Å². The minimum atomic E-state index is -3.03. The van der Waals surface area contributed by atoms with E-state index in [1.54, 1.807) is 0 Å². The van der Waals surface area contributed by atoms with Gasteiger partial charge in [-0.2, -0.15) is 0 Å². The van der Waals surface area contributed by atoms with Gasteiger partial charge in [-0.3, -0.25) is 0 Å². The van der Waals surface area contributed by atoms with Gasteiger partial charge in [-0.15, -0.1) is 0 Å². The summed E-state index contributed by atoms with van der Waals surface area (Å²) in [5.41, 5.74) is 0.946. The minimum absolute atomic E-state index is 0.385. The van der Waals surface area contributed by atoms with Crippen molar-refractivity contribution in [3.05, 3.63) is 35.9 Å². The highest BCUT2D eigenvalue weighted by Crippen LogP contribution is 2.10. The number of halogens is 2. The molecule has 0 aliphatic rings. The molecule has 0 fully saturated rings. The fourth-order valence-corrected chi connectivity index (χ4v) is 1.04. The Labute approximate surface area is 81.6 Å². The second kappa shape index (κ2) is 5.02. The van der Waals surface area contributed by atoms with Gasteiger partial charge in [0.1, 0.15) is 6.61 Å². The van der Waals surface area contributed by atoms with Gasteiger partial charge in [0.2, 0.25) is 0 Å². The van der Waals surface area contributed by atoms with Crippen molar-refractivity contribution in [1.82, 2.24) is 5.32 Å². The highest BCUT2D eigenvalue weighted by atomic mass is 19.3. The molecule has 0 unspecified atom stereocenters. The van der Waals surface area contributed by atoms with E-state index in [2.05, 4.69) is 5.32 Å². The van der Waals surface area contributed by atoms with Crippen molar-refractivity contribution in [2.75, 3.05) is 13.2 Å². The number of rotatable bonds is 5. The van der Waals surface area contributed by atoms with E-state index in [1.165, 1.54) is 0 Å². The van der Waals surface area contributed by atoms with Crippen LogP contribution in [0.3, 0.4) is 0 Å². The van der Waals surface area contributed by atoms with Gasteiger partial charge in [0.05, 0.1) is 6.54 Å². The van der Waals surface area contributed by atoms with E-state index in [4.69, 9.17) is 5.11 Å². The predicted molar refractivity (Wildman–Crippen MR) is 50.2 cm³/mol. The van der Waals surface area contributed by atoms with Gasteiger partial charge in [0.15, 0.2) is 0 Å². The number of alkyl halides is 2. The zero-order chi connectivity index (χ0) is 10.4. The molecule has 4 heteroatoms. The maximum atomic E-state index is 12.5. The first-order valence-electron chi connectivity index (χ1n) is 4.37. The third-order valence-corrected chi connectivity index (χ3v) is 1.79. The van der Waals surface area contributed by atoms with Gasteiger partial charge in [0.25, 0.3) is 5.92 Å². The second-order valence-corrected chi connectivity index (χ2v) is 3.10. The molecule has 2 N–H and O–H groups in total. The molecular formula is C10H13F2NO. The van der Waals surface area contributed by atoms with E-state index < -0.39 is 19.1 Å². The molecule has 0 atom stereocenters. The lowest BCUT2D eigenvalue weighted by Crippen LogP contribution is -2.35. The number of aliphatic hydroxyl groups is 1. The van der Waals surface area contributed by atoms with Gasteiger partial charge >= 0.3 is 0 Å². The van der Waals surface area contributed by atoms with E-state index in [1.807, 2.05) is 30.3 Å². The number of aliphatic hydroxyl groups excluding tert-OH is 1. The maximum absolute atomic E-state index is 12.5. The minimum Gasteiger partial charge on any atom is -0.390 e. The first kappa shape index (κ1) is 11.1. The van der Waals surface area contributed by atoms with E-state index in [0.29, 0.717) is 6.54 Å². The van der Waals surface area contributed by atoms with Crippen LogP contribution in [0, 0.1) is 0 Å². The Morgan fingerprint density at radius 3 is 2.43 bits per heavy atom. The largest absolute Gasteiger partial charge is 0.390 e. The lowest BCUT2D eigenvalue weighted by Gasteiger charge is -2.13. The SMILES string of the molecule is OCC(F)(F)CNCc1ccccc1. The Morgan fingerprint density at radius 2 is 1.86 bits per heavy atom. The lowest BCUT2D eigenvalue weighted by atomic mass is 10.2. The van der Waals surface area contributed by atoms with E-state index >= 15 is 0 Å². The average Bonchev–Trinajstić information content (AvgIpc) is 2.19. The first-order valence-corrected chi connectivity index (χ1v) is 4.37. The van der Waals surface area contributed by atoms with Crippen molar-refractivity contribution >= 4 is 0 Å². The second-order valence-electron chi connectivity index (χ2n) is 3.10. The Bertz CT molecular complexity index is 264. The zero-order valence-corrected chi connectivity index (χ0v) is 7.71. The molecule has 0 heterocycles. The third-order valence-electron chi connectivity index (χ3n) is 1.79. The fourth-order valence-electron chi connectivity index (χ4n) is 1.04. The molecule has 14 heavy (non-hydrogen) atoms. The maximum Gasteiger partial charge on any atom is 0.282 e. The molecule has 0 aliphatic heterocycles. The first-order chi connectivity index (χ1) is 6.64. The molecule has 0 saturated carbocycles. The van der Waals surface area contributed by atoms with E-state index in [9.17, 15) is 8.78 Å². The summed E-state index contributed by atoms with van der Waals surface area (Å²) in [5.74, 6) is -3.03. The summed E-state index contributed by atoms with van der Waals surface area (Å²) in [4.78, 5) is 0. The quantitative estimate of drug-likeness (QED) is 0.754. The zero-order valence-electron chi connectivity index (χ0n) is 7.71. The summed E-state index contributed by atoms with van der Waals surface area (Å²) in [7, 11) is 0. The van der Waals surface area contributed by atoms with Crippen molar-refractivity contribution in [1.29, 1.82) is 0 Å². The van der Waals surface area contributed by atoms with Crippen LogP contribution in [0.15, 0.2) is 30.3 Å². The van der Waals surface area contributed by atoms with Crippen LogP contribution in [0.1, 0.15) is 5.56 Å². The fraction of sp³-hybridized carbons (Fsp3) is 0.400. The van der Waals surface area contributed by atoms with Crippen LogP contribution >= 0.6 is 0 Å².